The lowest BCUT2D eigenvalue weighted by molar-refractivity contribution is 0.0682. The van der Waals surface area contributed by atoms with Crippen molar-refractivity contribution in [2.75, 3.05) is 13.1 Å². The van der Waals surface area contributed by atoms with Crippen LogP contribution >= 0.6 is 0 Å². The van der Waals surface area contributed by atoms with E-state index >= 15 is 0 Å². The minimum absolute atomic E-state index is 0.0839. The molecule has 0 bridgehead atoms. The van der Waals surface area contributed by atoms with Crippen molar-refractivity contribution < 1.29 is 4.79 Å². The summed E-state index contributed by atoms with van der Waals surface area (Å²) in [4.78, 5) is 18.9. The van der Waals surface area contributed by atoms with Crippen LogP contribution < -0.4 is 0 Å². The van der Waals surface area contributed by atoms with Crippen molar-refractivity contribution in [3.05, 3.63) is 35.2 Å². The highest BCUT2D eigenvalue weighted by atomic mass is 16.2. The standard InChI is InChI=1S/C16H23N5O/c1-11-9-15(19(4)18-11)16(22)20-7-5-14(6-8-20)21-12(2)10-17-13(21)3/h9-10,14H,5-8H2,1-4H3. The number of likely N-dealkylation sites (tertiary alicyclic amines) is 1. The Labute approximate surface area is 130 Å². The van der Waals surface area contributed by atoms with Crippen LogP contribution in [0.1, 0.15) is 46.6 Å². The van der Waals surface area contributed by atoms with E-state index in [1.807, 2.05) is 38.1 Å². The van der Waals surface area contributed by atoms with E-state index in [0.717, 1.165) is 37.4 Å². The van der Waals surface area contributed by atoms with E-state index in [-0.39, 0.29) is 5.91 Å². The molecule has 0 saturated carbocycles. The first-order valence-electron chi connectivity index (χ1n) is 7.77. The average Bonchev–Trinajstić information content (AvgIpc) is 3.00. The van der Waals surface area contributed by atoms with Gasteiger partial charge in [0.1, 0.15) is 11.5 Å². The third-order valence-corrected chi connectivity index (χ3v) is 4.50. The van der Waals surface area contributed by atoms with Crippen molar-refractivity contribution in [1.29, 1.82) is 0 Å². The Kier molecular flexibility index (Phi) is 3.76. The van der Waals surface area contributed by atoms with Crippen LogP contribution in [0.4, 0.5) is 0 Å². The molecule has 1 saturated heterocycles. The van der Waals surface area contributed by atoms with E-state index in [9.17, 15) is 4.79 Å². The van der Waals surface area contributed by atoms with Gasteiger partial charge >= 0.3 is 0 Å². The molecule has 2 aromatic heterocycles. The van der Waals surface area contributed by atoms with Crippen LogP contribution in [-0.4, -0.2) is 43.2 Å². The average molecular weight is 301 g/mol. The van der Waals surface area contributed by atoms with Crippen LogP contribution in [0.5, 0.6) is 0 Å². The molecule has 3 rings (SSSR count). The van der Waals surface area contributed by atoms with E-state index in [2.05, 4.69) is 21.6 Å². The summed E-state index contributed by atoms with van der Waals surface area (Å²) in [7, 11) is 1.82. The van der Waals surface area contributed by atoms with E-state index < -0.39 is 0 Å². The van der Waals surface area contributed by atoms with E-state index in [0.29, 0.717) is 11.7 Å². The molecule has 1 aliphatic rings. The molecule has 1 amide bonds. The number of aromatic nitrogens is 4. The van der Waals surface area contributed by atoms with E-state index in [1.165, 1.54) is 5.69 Å². The van der Waals surface area contributed by atoms with Crippen molar-refractivity contribution in [3.8, 4) is 0 Å². The van der Waals surface area contributed by atoms with Gasteiger partial charge in [0.15, 0.2) is 0 Å². The summed E-state index contributed by atoms with van der Waals surface area (Å²) in [6.45, 7) is 7.61. The number of nitrogens with zero attached hydrogens (tertiary/aromatic N) is 5. The highest BCUT2D eigenvalue weighted by Gasteiger charge is 2.27. The number of hydrogen-bond donors (Lipinski definition) is 0. The Balaban J connectivity index is 1.69. The summed E-state index contributed by atoms with van der Waals surface area (Å²) >= 11 is 0. The predicted octanol–water partition coefficient (Wildman–Crippen LogP) is 2.02. The van der Waals surface area contributed by atoms with Crippen molar-refractivity contribution in [2.45, 2.75) is 39.7 Å². The van der Waals surface area contributed by atoms with Crippen molar-refractivity contribution in [1.82, 2.24) is 24.2 Å². The van der Waals surface area contributed by atoms with Gasteiger partial charge in [-0.3, -0.25) is 9.48 Å². The Morgan fingerprint density at radius 3 is 2.41 bits per heavy atom. The van der Waals surface area contributed by atoms with Gasteiger partial charge in [-0.15, -0.1) is 0 Å². The van der Waals surface area contributed by atoms with Gasteiger partial charge in [0, 0.05) is 38.1 Å². The quantitative estimate of drug-likeness (QED) is 0.852. The Morgan fingerprint density at radius 2 is 1.91 bits per heavy atom. The smallest absolute Gasteiger partial charge is 0.272 e. The van der Waals surface area contributed by atoms with Crippen molar-refractivity contribution in [3.63, 3.8) is 0 Å². The maximum Gasteiger partial charge on any atom is 0.272 e. The monoisotopic (exact) mass is 301 g/mol. The molecule has 2 aromatic rings. The lowest BCUT2D eigenvalue weighted by atomic mass is 10.0. The van der Waals surface area contributed by atoms with Crippen molar-refractivity contribution >= 4 is 5.91 Å². The Bertz CT molecular complexity index is 672. The molecule has 3 heterocycles. The fraction of sp³-hybridized carbons (Fsp3) is 0.562. The number of amides is 1. The second-order valence-corrected chi connectivity index (χ2v) is 6.13. The van der Waals surface area contributed by atoms with Crippen LogP contribution in [0.2, 0.25) is 0 Å². The van der Waals surface area contributed by atoms with Gasteiger partial charge in [-0.2, -0.15) is 5.10 Å². The lowest BCUT2D eigenvalue weighted by Gasteiger charge is -2.33. The zero-order valence-electron chi connectivity index (χ0n) is 13.7. The lowest BCUT2D eigenvalue weighted by Crippen LogP contribution is -2.40. The van der Waals surface area contributed by atoms with Gasteiger partial charge in [0.25, 0.3) is 5.91 Å². The topological polar surface area (TPSA) is 56.0 Å². The molecule has 0 N–H and O–H groups in total. The molecule has 22 heavy (non-hydrogen) atoms. The second-order valence-electron chi connectivity index (χ2n) is 6.13. The minimum atomic E-state index is 0.0839. The summed E-state index contributed by atoms with van der Waals surface area (Å²) in [5.41, 5.74) is 2.75. The normalized spacial score (nSPS) is 16.3. The maximum atomic E-state index is 12.6. The zero-order valence-corrected chi connectivity index (χ0v) is 13.7. The molecule has 0 spiro atoms. The molecule has 118 valence electrons. The minimum Gasteiger partial charge on any atom is -0.337 e. The maximum absolute atomic E-state index is 12.6. The van der Waals surface area contributed by atoms with Crippen molar-refractivity contribution in [2.24, 2.45) is 7.05 Å². The van der Waals surface area contributed by atoms with Crippen LogP contribution in [0.3, 0.4) is 0 Å². The number of carbonyl (C=O) groups excluding carboxylic acids is 1. The van der Waals surface area contributed by atoms with Gasteiger partial charge < -0.3 is 9.47 Å². The van der Waals surface area contributed by atoms with Crippen LogP contribution in [0.25, 0.3) is 0 Å². The molecule has 0 unspecified atom stereocenters. The molecule has 6 nitrogen and oxygen atoms in total. The fourth-order valence-electron chi connectivity index (χ4n) is 3.42. The molecule has 6 heteroatoms. The van der Waals surface area contributed by atoms with Crippen LogP contribution in [0, 0.1) is 20.8 Å². The van der Waals surface area contributed by atoms with Gasteiger partial charge in [-0.1, -0.05) is 0 Å². The van der Waals surface area contributed by atoms with Gasteiger partial charge in [-0.25, -0.2) is 4.98 Å². The van der Waals surface area contributed by atoms with E-state index in [4.69, 9.17) is 0 Å². The predicted molar refractivity (Wildman–Crippen MR) is 83.8 cm³/mol. The Hall–Kier alpha value is -2.11. The van der Waals surface area contributed by atoms with E-state index in [1.54, 1.807) is 4.68 Å². The highest BCUT2D eigenvalue weighted by molar-refractivity contribution is 5.92. The van der Waals surface area contributed by atoms with Gasteiger partial charge in [-0.05, 0) is 39.7 Å². The van der Waals surface area contributed by atoms with Crippen LogP contribution in [0.15, 0.2) is 12.3 Å². The fourth-order valence-corrected chi connectivity index (χ4v) is 3.42. The third kappa shape index (κ3) is 2.53. The molecular formula is C16H23N5O. The number of rotatable bonds is 2. The van der Waals surface area contributed by atoms with Gasteiger partial charge in [0.05, 0.1) is 5.69 Å². The summed E-state index contributed by atoms with van der Waals surface area (Å²) in [6.07, 6.45) is 3.87. The molecule has 0 aromatic carbocycles. The number of hydrogen-bond acceptors (Lipinski definition) is 3. The summed E-state index contributed by atoms with van der Waals surface area (Å²) < 4.78 is 3.98. The first-order valence-corrected chi connectivity index (χ1v) is 7.77. The zero-order chi connectivity index (χ0) is 15.9. The first-order chi connectivity index (χ1) is 10.5. The summed E-state index contributed by atoms with van der Waals surface area (Å²) in [5, 5.41) is 4.26. The molecule has 0 radical (unpaired) electrons. The highest BCUT2D eigenvalue weighted by Crippen LogP contribution is 2.26. The summed E-state index contributed by atoms with van der Waals surface area (Å²) in [6, 6.07) is 2.30. The molecule has 0 atom stereocenters. The Morgan fingerprint density at radius 1 is 1.23 bits per heavy atom. The molecule has 1 aliphatic heterocycles. The van der Waals surface area contributed by atoms with Gasteiger partial charge in [0.2, 0.25) is 0 Å². The number of piperidine rings is 1. The number of carbonyl (C=O) groups is 1. The third-order valence-electron chi connectivity index (χ3n) is 4.50. The van der Waals surface area contributed by atoms with Crippen LogP contribution in [-0.2, 0) is 7.05 Å². The molecule has 0 aliphatic carbocycles. The summed E-state index contributed by atoms with van der Waals surface area (Å²) in [5.74, 6) is 1.14. The number of imidazole rings is 1. The molecular weight excluding hydrogens is 278 g/mol. The first kappa shape index (κ1) is 14.8. The largest absolute Gasteiger partial charge is 0.337 e. The number of aryl methyl sites for hydroxylation is 4. The second kappa shape index (κ2) is 5.59. The SMILES string of the molecule is Cc1cc(C(=O)N2CCC(n3c(C)cnc3C)CC2)n(C)n1. The molecule has 1 fully saturated rings.